The van der Waals surface area contributed by atoms with Crippen LogP contribution in [0.1, 0.15) is 39.0 Å². The zero-order chi connectivity index (χ0) is 8.81. The Balaban J connectivity index is 2.10. The summed E-state index contributed by atoms with van der Waals surface area (Å²) in [6.07, 6.45) is 5.82. The summed E-state index contributed by atoms with van der Waals surface area (Å²) in [6.45, 7) is 2.48. The van der Waals surface area contributed by atoms with E-state index in [-0.39, 0.29) is 6.61 Å². The molecule has 0 radical (unpaired) electrons. The van der Waals surface area contributed by atoms with E-state index in [2.05, 4.69) is 17.5 Å². The summed E-state index contributed by atoms with van der Waals surface area (Å²) in [4.78, 5) is 0. The van der Waals surface area contributed by atoms with Crippen LogP contribution < -0.4 is 5.43 Å². The normalized spacial score (nSPS) is 16.7. The SMILES string of the molecule is CCCCCC(CCO)C1=NN1. The maximum Gasteiger partial charge on any atom is 0.146 e. The van der Waals surface area contributed by atoms with E-state index in [1.165, 1.54) is 25.7 Å². The smallest absolute Gasteiger partial charge is 0.146 e. The number of nitrogens with zero attached hydrogens (tertiary/aromatic N) is 1. The molecule has 0 aromatic rings. The van der Waals surface area contributed by atoms with E-state index >= 15 is 0 Å². The highest BCUT2D eigenvalue weighted by atomic mass is 16.3. The molecule has 1 aliphatic rings. The van der Waals surface area contributed by atoms with Crippen LogP contribution >= 0.6 is 0 Å². The van der Waals surface area contributed by atoms with Crippen LogP contribution in [0.25, 0.3) is 0 Å². The molecule has 0 saturated heterocycles. The molecular formula is C9H18N2O. The van der Waals surface area contributed by atoms with Gasteiger partial charge < -0.3 is 5.11 Å². The molecule has 0 bridgehead atoms. The molecule has 2 N–H and O–H groups in total. The van der Waals surface area contributed by atoms with Crippen LogP contribution in [-0.2, 0) is 0 Å². The van der Waals surface area contributed by atoms with Crippen LogP contribution in [-0.4, -0.2) is 17.5 Å². The van der Waals surface area contributed by atoms with Crippen molar-refractivity contribution >= 4 is 5.84 Å². The van der Waals surface area contributed by atoms with E-state index < -0.39 is 0 Å². The van der Waals surface area contributed by atoms with Crippen LogP contribution in [0.15, 0.2) is 5.10 Å². The fourth-order valence-corrected chi connectivity index (χ4v) is 1.43. The maximum atomic E-state index is 8.79. The summed E-state index contributed by atoms with van der Waals surface area (Å²) in [6, 6.07) is 0. The second-order valence-corrected chi connectivity index (χ2v) is 3.31. The van der Waals surface area contributed by atoms with Gasteiger partial charge in [0.1, 0.15) is 5.84 Å². The molecule has 1 unspecified atom stereocenters. The Morgan fingerprint density at radius 3 is 2.67 bits per heavy atom. The summed E-state index contributed by atoms with van der Waals surface area (Å²) in [5, 5.41) is 12.7. The van der Waals surface area contributed by atoms with Gasteiger partial charge in [-0.1, -0.05) is 26.2 Å². The zero-order valence-corrected chi connectivity index (χ0v) is 7.71. The van der Waals surface area contributed by atoms with Crippen molar-refractivity contribution in [3.8, 4) is 0 Å². The van der Waals surface area contributed by atoms with Gasteiger partial charge >= 0.3 is 0 Å². The van der Waals surface area contributed by atoms with Crippen LogP contribution in [0.4, 0.5) is 0 Å². The largest absolute Gasteiger partial charge is 0.396 e. The highest BCUT2D eigenvalue weighted by molar-refractivity contribution is 5.92. The molecule has 0 saturated carbocycles. The Kier molecular flexibility index (Phi) is 4.08. The third-order valence-corrected chi connectivity index (χ3v) is 2.26. The average Bonchev–Trinajstić information content (AvgIpc) is 2.86. The third kappa shape index (κ3) is 3.22. The number of aliphatic hydroxyl groups excluding tert-OH is 1. The number of rotatable bonds is 7. The molecule has 0 spiro atoms. The number of unbranched alkanes of at least 4 members (excludes halogenated alkanes) is 2. The van der Waals surface area contributed by atoms with E-state index in [0.29, 0.717) is 5.92 Å². The molecule has 1 aliphatic heterocycles. The first-order valence-electron chi connectivity index (χ1n) is 4.83. The summed E-state index contributed by atoms with van der Waals surface area (Å²) in [7, 11) is 0. The van der Waals surface area contributed by atoms with Gasteiger partial charge in [-0.25, -0.2) is 0 Å². The van der Waals surface area contributed by atoms with Crippen molar-refractivity contribution in [2.75, 3.05) is 6.61 Å². The molecule has 12 heavy (non-hydrogen) atoms. The molecule has 1 rings (SSSR count). The second-order valence-electron chi connectivity index (χ2n) is 3.31. The van der Waals surface area contributed by atoms with Crippen LogP contribution in [0.3, 0.4) is 0 Å². The number of hydrogen-bond acceptors (Lipinski definition) is 3. The molecular weight excluding hydrogens is 152 g/mol. The molecule has 1 atom stereocenters. The standard InChI is InChI=1S/C9H18N2O/c1-2-3-4-5-8(6-7-12)9-10-11-9/h8,12H,2-7H2,1H3,(H,10,11). The van der Waals surface area contributed by atoms with Gasteiger partial charge in [0.2, 0.25) is 0 Å². The minimum Gasteiger partial charge on any atom is -0.396 e. The highest BCUT2D eigenvalue weighted by Gasteiger charge is 2.21. The Bertz CT molecular complexity index is 157. The van der Waals surface area contributed by atoms with Crippen molar-refractivity contribution < 1.29 is 5.11 Å². The number of aliphatic hydroxyl groups is 1. The lowest BCUT2D eigenvalue weighted by atomic mass is 9.98. The van der Waals surface area contributed by atoms with Gasteiger partial charge in [-0.15, -0.1) is 0 Å². The molecule has 70 valence electrons. The predicted octanol–water partition coefficient (Wildman–Crippen LogP) is 1.48. The molecule has 3 heteroatoms. The van der Waals surface area contributed by atoms with Gasteiger partial charge in [-0.3, -0.25) is 5.43 Å². The highest BCUT2D eigenvalue weighted by Crippen LogP contribution is 2.17. The van der Waals surface area contributed by atoms with E-state index in [1.807, 2.05) is 0 Å². The molecule has 3 nitrogen and oxygen atoms in total. The number of nitrogens with one attached hydrogen (secondary N) is 1. The van der Waals surface area contributed by atoms with Crippen molar-refractivity contribution in [1.82, 2.24) is 5.43 Å². The van der Waals surface area contributed by atoms with Crippen molar-refractivity contribution in [2.45, 2.75) is 39.0 Å². The summed E-state index contributed by atoms with van der Waals surface area (Å²) >= 11 is 0. The molecule has 0 aromatic heterocycles. The van der Waals surface area contributed by atoms with E-state index in [1.54, 1.807) is 0 Å². The first-order chi connectivity index (χ1) is 5.88. The fourth-order valence-electron chi connectivity index (χ4n) is 1.43. The van der Waals surface area contributed by atoms with Crippen LogP contribution in [0.2, 0.25) is 0 Å². The Hall–Kier alpha value is -0.570. The number of hydrogen-bond donors (Lipinski definition) is 2. The van der Waals surface area contributed by atoms with Crippen LogP contribution in [0.5, 0.6) is 0 Å². The quantitative estimate of drug-likeness (QED) is 0.569. The second kappa shape index (κ2) is 5.14. The third-order valence-electron chi connectivity index (χ3n) is 2.26. The lowest BCUT2D eigenvalue weighted by molar-refractivity contribution is 0.270. The zero-order valence-electron chi connectivity index (χ0n) is 7.71. The van der Waals surface area contributed by atoms with Gasteiger partial charge in [0.15, 0.2) is 0 Å². The first kappa shape index (κ1) is 9.52. The van der Waals surface area contributed by atoms with Crippen molar-refractivity contribution in [3.63, 3.8) is 0 Å². The summed E-state index contributed by atoms with van der Waals surface area (Å²) in [5.41, 5.74) is 2.88. The van der Waals surface area contributed by atoms with Gasteiger partial charge in [0.05, 0.1) is 0 Å². The summed E-state index contributed by atoms with van der Waals surface area (Å²) < 4.78 is 0. The van der Waals surface area contributed by atoms with Gasteiger partial charge in [0, 0.05) is 12.5 Å². The predicted molar refractivity (Wildman–Crippen MR) is 49.9 cm³/mol. The molecule has 0 amide bonds. The summed E-state index contributed by atoms with van der Waals surface area (Å²) in [5.74, 6) is 1.58. The van der Waals surface area contributed by atoms with E-state index in [9.17, 15) is 0 Å². The van der Waals surface area contributed by atoms with Crippen molar-refractivity contribution in [1.29, 1.82) is 0 Å². The Morgan fingerprint density at radius 1 is 1.42 bits per heavy atom. The molecule has 1 heterocycles. The minimum absolute atomic E-state index is 0.275. The van der Waals surface area contributed by atoms with Gasteiger partial charge in [-0.05, 0) is 12.8 Å². The molecule has 0 fully saturated rings. The van der Waals surface area contributed by atoms with Crippen molar-refractivity contribution in [3.05, 3.63) is 0 Å². The van der Waals surface area contributed by atoms with Gasteiger partial charge in [-0.2, -0.15) is 5.10 Å². The monoisotopic (exact) mass is 170 g/mol. The molecule has 0 aromatic carbocycles. The fraction of sp³-hybridized carbons (Fsp3) is 0.889. The average molecular weight is 170 g/mol. The van der Waals surface area contributed by atoms with E-state index in [0.717, 1.165) is 12.3 Å². The molecule has 0 aliphatic carbocycles. The first-order valence-corrected chi connectivity index (χ1v) is 4.83. The maximum absolute atomic E-state index is 8.79. The lowest BCUT2D eigenvalue weighted by Gasteiger charge is -2.08. The van der Waals surface area contributed by atoms with Crippen LogP contribution in [0, 0.1) is 5.92 Å². The topological polar surface area (TPSA) is 54.5 Å². The minimum atomic E-state index is 0.275. The Labute approximate surface area is 73.9 Å². The van der Waals surface area contributed by atoms with Crippen molar-refractivity contribution in [2.24, 2.45) is 11.0 Å². The van der Waals surface area contributed by atoms with E-state index in [4.69, 9.17) is 5.11 Å². The number of hydrazone groups is 1. The number of amidine groups is 1. The Morgan fingerprint density at radius 2 is 2.17 bits per heavy atom. The lowest BCUT2D eigenvalue weighted by Crippen LogP contribution is -2.12. The van der Waals surface area contributed by atoms with Gasteiger partial charge in [0.25, 0.3) is 0 Å².